The van der Waals surface area contributed by atoms with Crippen LogP contribution in [0.4, 0.5) is 18.9 Å². The molecule has 0 atom stereocenters. The molecule has 0 aliphatic carbocycles. The summed E-state index contributed by atoms with van der Waals surface area (Å²) in [5, 5.41) is 10.3. The highest BCUT2D eigenvalue weighted by atomic mass is 79.9. The van der Waals surface area contributed by atoms with Gasteiger partial charge in [0.15, 0.2) is 0 Å². The van der Waals surface area contributed by atoms with Crippen molar-refractivity contribution >= 4 is 21.6 Å². The van der Waals surface area contributed by atoms with Crippen molar-refractivity contribution in [1.29, 1.82) is 0 Å². The van der Waals surface area contributed by atoms with Gasteiger partial charge < -0.3 is 0 Å². The normalized spacial score (nSPS) is 10.7. The summed E-state index contributed by atoms with van der Waals surface area (Å²) in [4.78, 5) is 12.5. The lowest BCUT2D eigenvalue weighted by Crippen LogP contribution is -2.04. The maximum absolute atomic E-state index is 12.7. The molecule has 82 valence electrons. The summed E-state index contributed by atoms with van der Waals surface area (Å²) in [6.07, 6.45) is -3.05. The SMILES string of the molecule is O=[N+]([O-])c1cc(F)nc(C(F)F)c1CBr. The summed E-state index contributed by atoms with van der Waals surface area (Å²) in [5.74, 6) is -1.29. The molecular weight excluding hydrogens is 281 g/mol. The molecular formula is C7H4BrF3N2O2. The highest BCUT2D eigenvalue weighted by molar-refractivity contribution is 9.08. The van der Waals surface area contributed by atoms with Crippen LogP contribution in [0.2, 0.25) is 0 Å². The maximum atomic E-state index is 12.7. The van der Waals surface area contributed by atoms with Crippen LogP contribution in [0.15, 0.2) is 6.07 Å². The minimum absolute atomic E-state index is 0.184. The van der Waals surface area contributed by atoms with Crippen LogP contribution in [0, 0.1) is 16.1 Å². The van der Waals surface area contributed by atoms with Gasteiger partial charge in [-0.05, 0) is 0 Å². The molecule has 0 saturated carbocycles. The summed E-state index contributed by atoms with van der Waals surface area (Å²) < 4.78 is 37.4. The van der Waals surface area contributed by atoms with Crippen LogP contribution in [0.3, 0.4) is 0 Å². The van der Waals surface area contributed by atoms with Crippen molar-refractivity contribution in [3.05, 3.63) is 33.4 Å². The van der Waals surface area contributed by atoms with Gasteiger partial charge in [0, 0.05) is 5.33 Å². The van der Waals surface area contributed by atoms with E-state index in [1.54, 1.807) is 0 Å². The number of alkyl halides is 3. The van der Waals surface area contributed by atoms with E-state index in [4.69, 9.17) is 0 Å². The molecule has 0 saturated heterocycles. The van der Waals surface area contributed by atoms with Crippen molar-refractivity contribution in [1.82, 2.24) is 4.98 Å². The van der Waals surface area contributed by atoms with Crippen molar-refractivity contribution in [3.63, 3.8) is 0 Å². The highest BCUT2D eigenvalue weighted by Gasteiger charge is 2.25. The molecule has 8 heteroatoms. The fourth-order valence-electron chi connectivity index (χ4n) is 1.03. The van der Waals surface area contributed by atoms with Gasteiger partial charge in [-0.3, -0.25) is 10.1 Å². The van der Waals surface area contributed by atoms with Gasteiger partial charge in [-0.1, -0.05) is 15.9 Å². The Morgan fingerprint density at radius 3 is 2.60 bits per heavy atom. The lowest BCUT2D eigenvalue weighted by molar-refractivity contribution is -0.385. The monoisotopic (exact) mass is 284 g/mol. The first-order valence-corrected chi connectivity index (χ1v) is 4.77. The molecule has 0 fully saturated rings. The highest BCUT2D eigenvalue weighted by Crippen LogP contribution is 2.30. The van der Waals surface area contributed by atoms with Gasteiger partial charge in [0.2, 0.25) is 5.95 Å². The van der Waals surface area contributed by atoms with Crippen LogP contribution >= 0.6 is 15.9 Å². The molecule has 15 heavy (non-hydrogen) atoms. The number of hydrogen-bond donors (Lipinski definition) is 0. The fourth-order valence-corrected chi connectivity index (χ4v) is 1.60. The number of pyridine rings is 1. The zero-order valence-electron chi connectivity index (χ0n) is 7.08. The Morgan fingerprint density at radius 1 is 1.60 bits per heavy atom. The first kappa shape index (κ1) is 11.9. The molecule has 0 bridgehead atoms. The van der Waals surface area contributed by atoms with E-state index < -0.39 is 28.7 Å². The van der Waals surface area contributed by atoms with E-state index >= 15 is 0 Å². The number of rotatable bonds is 3. The predicted octanol–water partition coefficient (Wildman–Crippen LogP) is 2.96. The largest absolute Gasteiger partial charge is 0.281 e. The van der Waals surface area contributed by atoms with Gasteiger partial charge in [0.1, 0.15) is 5.69 Å². The summed E-state index contributed by atoms with van der Waals surface area (Å²) in [7, 11) is 0. The molecule has 4 nitrogen and oxygen atoms in total. The van der Waals surface area contributed by atoms with E-state index in [0.717, 1.165) is 0 Å². The topological polar surface area (TPSA) is 56.0 Å². The van der Waals surface area contributed by atoms with Gasteiger partial charge in [0.25, 0.3) is 12.1 Å². The van der Waals surface area contributed by atoms with Gasteiger partial charge >= 0.3 is 0 Å². The van der Waals surface area contributed by atoms with Crippen molar-refractivity contribution in [2.45, 2.75) is 11.8 Å². The molecule has 0 unspecified atom stereocenters. The molecule has 0 spiro atoms. The average molecular weight is 285 g/mol. The molecule has 1 heterocycles. The van der Waals surface area contributed by atoms with Crippen molar-refractivity contribution < 1.29 is 18.1 Å². The Labute approximate surface area is 90.4 Å². The second kappa shape index (κ2) is 4.56. The Bertz CT molecular complexity index is 400. The number of halogens is 4. The smallest absolute Gasteiger partial charge is 0.258 e. The number of nitrogens with zero attached hydrogens (tertiary/aromatic N) is 2. The second-order valence-electron chi connectivity index (χ2n) is 2.52. The Kier molecular flexibility index (Phi) is 3.61. The quantitative estimate of drug-likeness (QED) is 0.371. The molecule has 0 aliphatic heterocycles. The van der Waals surface area contributed by atoms with Crippen LogP contribution < -0.4 is 0 Å². The summed E-state index contributed by atoms with van der Waals surface area (Å²) in [5.41, 5.74) is -1.91. The molecule has 1 rings (SSSR count). The standard InChI is InChI=1S/C7H4BrF3N2O2/c8-2-3-4(13(14)15)1-5(9)12-6(3)7(10)11/h1,7H,2H2. The Balaban J connectivity index is 3.45. The van der Waals surface area contributed by atoms with E-state index in [9.17, 15) is 23.3 Å². The summed E-state index contributed by atoms with van der Waals surface area (Å²) in [6, 6.07) is 0.516. The van der Waals surface area contributed by atoms with E-state index in [0.29, 0.717) is 6.07 Å². The van der Waals surface area contributed by atoms with Gasteiger partial charge in [-0.25, -0.2) is 13.8 Å². The lowest BCUT2D eigenvalue weighted by atomic mass is 10.2. The first-order valence-electron chi connectivity index (χ1n) is 3.65. The van der Waals surface area contributed by atoms with E-state index in [2.05, 4.69) is 20.9 Å². The van der Waals surface area contributed by atoms with Crippen LogP contribution in [0.1, 0.15) is 17.7 Å². The van der Waals surface area contributed by atoms with Gasteiger partial charge in [-0.15, -0.1) is 0 Å². The molecule has 1 aromatic rings. The minimum Gasteiger partial charge on any atom is -0.258 e. The number of hydrogen-bond acceptors (Lipinski definition) is 3. The van der Waals surface area contributed by atoms with Gasteiger partial charge in [-0.2, -0.15) is 4.39 Å². The molecule has 1 aromatic heterocycles. The van der Waals surface area contributed by atoms with E-state index in [1.807, 2.05) is 0 Å². The third kappa shape index (κ3) is 2.44. The third-order valence-corrected chi connectivity index (χ3v) is 2.20. The van der Waals surface area contributed by atoms with E-state index in [1.165, 1.54) is 0 Å². The van der Waals surface area contributed by atoms with Crippen LogP contribution in [0.25, 0.3) is 0 Å². The summed E-state index contributed by atoms with van der Waals surface area (Å²) in [6.45, 7) is 0. The predicted molar refractivity (Wildman–Crippen MR) is 48.4 cm³/mol. The summed E-state index contributed by atoms with van der Waals surface area (Å²) >= 11 is 2.82. The van der Waals surface area contributed by atoms with Crippen LogP contribution in [-0.2, 0) is 5.33 Å². The lowest BCUT2D eigenvalue weighted by Gasteiger charge is -2.05. The molecule has 0 N–H and O–H groups in total. The average Bonchev–Trinajstić information content (AvgIpc) is 2.16. The Morgan fingerprint density at radius 2 is 2.20 bits per heavy atom. The zero-order valence-corrected chi connectivity index (χ0v) is 8.67. The molecule has 0 aromatic carbocycles. The van der Waals surface area contributed by atoms with Crippen molar-refractivity contribution in [2.75, 3.05) is 0 Å². The van der Waals surface area contributed by atoms with Gasteiger partial charge in [0.05, 0.1) is 16.6 Å². The molecule has 0 aliphatic rings. The molecule has 0 amide bonds. The zero-order chi connectivity index (χ0) is 11.6. The van der Waals surface area contributed by atoms with Crippen LogP contribution in [0.5, 0.6) is 0 Å². The van der Waals surface area contributed by atoms with E-state index in [-0.39, 0.29) is 10.9 Å². The number of aromatic nitrogens is 1. The number of nitro groups is 1. The first-order chi connectivity index (χ1) is 6.97. The Hall–Kier alpha value is -1.18. The third-order valence-electron chi connectivity index (χ3n) is 1.64. The molecule has 0 radical (unpaired) electrons. The maximum Gasteiger partial charge on any atom is 0.281 e. The van der Waals surface area contributed by atoms with Crippen molar-refractivity contribution in [3.8, 4) is 0 Å². The van der Waals surface area contributed by atoms with Crippen molar-refractivity contribution in [2.24, 2.45) is 0 Å². The fraction of sp³-hybridized carbons (Fsp3) is 0.286. The van der Waals surface area contributed by atoms with Crippen LogP contribution in [-0.4, -0.2) is 9.91 Å². The second-order valence-corrected chi connectivity index (χ2v) is 3.08. The minimum atomic E-state index is -3.05.